The predicted octanol–water partition coefficient (Wildman–Crippen LogP) is -0.627. The van der Waals surface area contributed by atoms with Crippen LogP contribution < -0.4 is 34.7 Å². The molecule has 0 aliphatic carbocycles. The van der Waals surface area contributed by atoms with Crippen molar-refractivity contribution in [3.05, 3.63) is 25.7 Å². The van der Waals surface area contributed by atoms with E-state index >= 15 is 0 Å². The van der Waals surface area contributed by atoms with Gasteiger partial charge in [0.25, 0.3) is 0 Å². The second-order valence-corrected chi connectivity index (χ2v) is 3.78. The number of carboxylic acid groups (broad SMARTS) is 1. The average Bonchev–Trinajstić information content (AvgIpc) is 2.11. The number of benzene rings is 1. The summed E-state index contributed by atoms with van der Waals surface area (Å²) >= 11 is 22.0. The van der Waals surface area contributed by atoms with Crippen LogP contribution in [0.5, 0.6) is 5.75 Å². The average molecular weight is 298 g/mol. The molecule has 76 valence electrons. The van der Waals surface area contributed by atoms with Gasteiger partial charge in [0.2, 0.25) is 0 Å². The minimum atomic E-state index is -1.62. The van der Waals surface area contributed by atoms with Gasteiger partial charge in [-0.25, -0.2) is 0 Å². The summed E-state index contributed by atoms with van der Waals surface area (Å²) in [6.45, 7) is 0. The van der Waals surface area contributed by atoms with Gasteiger partial charge in [-0.3, -0.25) is 0 Å². The molecule has 1 aromatic rings. The van der Waals surface area contributed by atoms with Gasteiger partial charge in [0, 0.05) is 5.56 Å². The van der Waals surface area contributed by atoms with Crippen LogP contribution >= 0.6 is 46.4 Å². The molecule has 0 saturated heterocycles. The van der Waals surface area contributed by atoms with Crippen LogP contribution in [0, 0.1) is 0 Å². The van der Waals surface area contributed by atoms with Crippen LogP contribution in [0.25, 0.3) is 0 Å². The van der Waals surface area contributed by atoms with Gasteiger partial charge in [0.1, 0.15) is 10.0 Å². The Hall–Kier alpha value is 0.650. The molecule has 1 aromatic carbocycles. The van der Waals surface area contributed by atoms with E-state index in [0.717, 1.165) is 0 Å². The first-order chi connectivity index (χ1) is 6.37. The van der Waals surface area contributed by atoms with Crippen molar-refractivity contribution in [2.75, 3.05) is 0 Å². The number of carbonyl (C=O) groups is 1. The zero-order valence-electron chi connectivity index (χ0n) is 7.28. The van der Waals surface area contributed by atoms with Crippen LogP contribution in [0.1, 0.15) is 10.4 Å². The summed E-state index contributed by atoms with van der Waals surface area (Å²) in [6.07, 6.45) is 0. The summed E-state index contributed by atoms with van der Waals surface area (Å²) in [5.74, 6) is -2.18. The maximum Gasteiger partial charge on any atom is 1.00 e. The van der Waals surface area contributed by atoms with E-state index in [2.05, 4.69) is 0 Å². The Morgan fingerprint density at radius 3 is 1.60 bits per heavy atom. The molecule has 0 aliphatic rings. The second kappa shape index (κ2) is 5.82. The summed E-state index contributed by atoms with van der Waals surface area (Å²) < 4.78 is 0. The molecule has 0 bridgehead atoms. The Bertz CT molecular complexity index is 392. The largest absolute Gasteiger partial charge is 1.00 e. The third kappa shape index (κ3) is 2.86. The first-order valence-electron chi connectivity index (χ1n) is 3.14. The zero-order valence-corrected chi connectivity index (χ0v) is 12.3. The van der Waals surface area contributed by atoms with E-state index in [1.165, 1.54) is 0 Å². The Morgan fingerprint density at radius 1 is 1.00 bits per heavy atom. The quantitative estimate of drug-likeness (QED) is 0.555. The van der Waals surface area contributed by atoms with Gasteiger partial charge in [0.15, 0.2) is 5.75 Å². The van der Waals surface area contributed by atoms with Crippen LogP contribution in [0.4, 0.5) is 0 Å². The standard InChI is InChI=1S/C7H2Cl4O3.Na/c8-2-1(7(13)14)3(9)5(11)6(12)4(2)10;/h12H,(H,13,14);/q;+1/p-1. The fourth-order valence-corrected chi connectivity index (χ4v) is 1.80. The van der Waals surface area contributed by atoms with E-state index in [1.54, 1.807) is 0 Å². The molecule has 0 radical (unpaired) electrons. The maximum atomic E-state index is 10.6. The van der Waals surface area contributed by atoms with Crippen molar-refractivity contribution in [3.8, 4) is 5.75 Å². The Morgan fingerprint density at radius 2 is 1.33 bits per heavy atom. The van der Waals surface area contributed by atoms with Crippen LogP contribution in [0.2, 0.25) is 20.1 Å². The van der Waals surface area contributed by atoms with Crippen molar-refractivity contribution in [2.24, 2.45) is 0 Å². The Balaban J connectivity index is 0.00000196. The van der Waals surface area contributed by atoms with E-state index in [-0.39, 0.29) is 39.6 Å². The SMILES string of the molecule is O=C([O-])c1c(Cl)c(Cl)c(O)c(Cl)c1Cl.[Na+]. The molecule has 0 spiro atoms. The van der Waals surface area contributed by atoms with E-state index in [1.807, 2.05) is 0 Å². The minimum absolute atomic E-state index is 0. The Labute approximate surface area is 127 Å². The first kappa shape index (κ1) is 15.7. The summed E-state index contributed by atoms with van der Waals surface area (Å²) in [6, 6.07) is 0. The van der Waals surface area contributed by atoms with Crippen molar-refractivity contribution in [3.63, 3.8) is 0 Å². The van der Waals surface area contributed by atoms with Crippen molar-refractivity contribution in [1.29, 1.82) is 0 Å². The maximum absolute atomic E-state index is 10.6. The van der Waals surface area contributed by atoms with Gasteiger partial charge in [0.05, 0.1) is 16.0 Å². The molecular weight excluding hydrogens is 297 g/mol. The van der Waals surface area contributed by atoms with Gasteiger partial charge in [-0.15, -0.1) is 0 Å². The monoisotopic (exact) mass is 296 g/mol. The van der Waals surface area contributed by atoms with E-state index in [4.69, 9.17) is 46.4 Å². The van der Waals surface area contributed by atoms with E-state index in [0.29, 0.717) is 0 Å². The fourth-order valence-electron chi connectivity index (χ4n) is 0.799. The molecule has 15 heavy (non-hydrogen) atoms. The predicted molar refractivity (Wildman–Crippen MR) is 52.5 cm³/mol. The van der Waals surface area contributed by atoms with Gasteiger partial charge >= 0.3 is 29.6 Å². The zero-order chi connectivity index (χ0) is 11.0. The molecule has 0 heterocycles. The summed E-state index contributed by atoms with van der Waals surface area (Å²) in [7, 11) is 0. The van der Waals surface area contributed by atoms with Gasteiger partial charge in [-0.1, -0.05) is 46.4 Å². The molecule has 0 saturated carbocycles. The molecule has 0 amide bonds. The van der Waals surface area contributed by atoms with E-state index in [9.17, 15) is 15.0 Å². The number of phenolic OH excluding ortho intramolecular Hbond substituents is 1. The number of carboxylic acids is 1. The van der Waals surface area contributed by atoms with Gasteiger partial charge < -0.3 is 15.0 Å². The minimum Gasteiger partial charge on any atom is -0.545 e. The normalized spacial score (nSPS) is 9.60. The number of halogens is 4. The van der Waals surface area contributed by atoms with Crippen molar-refractivity contribution < 1.29 is 44.6 Å². The smallest absolute Gasteiger partial charge is 0.545 e. The first-order valence-corrected chi connectivity index (χ1v) is 4.65. The fraction of sp³-hybridized carbons (Fsp3) is 0. The third-order valence-corrected chi connectivity index (χ3v) is 3.13. The van der Waals surface area contributed by atoms with E-state index < -0.39 is 27.3 Å². The molecule has 0 unspecified atom stereocenters. The number of aromatic carboxylic acids is 1. The van der Waals surface area contributed by atoms with Gasteiger partial charge in [-0.05, 0) is 0 Å². The number of hydrogen-bond donors (Lipinski definition) is 1. The van der Waals surface area contributed by atoms with Crippen LogP contribution in [0.3, 0.4) is 0 Å². The second-order valence-electron chi connectivity index (χ2n) is 2.27. The van der Waals surface area contributed by atoms with Crippen molar-refractivity contribution in [2.45, 2.75) is 0 Å². The van der Waals surface area contributed by atoms with Gasteiger partial charge in [-0.2, -0.15) is 0 Å². The molecule has 0 fully saturated rings. The number of hydrogen-bond acceptors (Lipinski definition) is 3. The van der Waals surface area contributed by atoms with Crippen molar-refractivity contribution >= 4 is 52.4 Å². The molecule has 0 atom stereocenters. The topological polar surface area (TPSA) is 60.4 Å². The van der Waals surface area contributed by atoms with Crippen LogP contribution in [-0.4, -0.2) is 11.1 Å². The molecule has 1 rings (SSSR count). The molecule has 8 heteroatoms. The van der Waals surface area contributed by atoms with Crippen molar-refractivity contribution in [1.82, 2.24) is 0 Å². The summed E-state index contributed by atoms with van der Waals surface area (Å²) in [4.78, 5) is 10.6. The third-order valence-electron chi connectivity index (χ3n) is 1.44. The number of rotatable bonds is 1. The number of phenols is 1. The Kier molecular flexibility index (Phi) is 6.08. The molecule has 3 nitrogen and oxygen atoms in total. The molecule has 1 N–H and O–H groups in total. The molecular formula is C7HCl4NaO3. The summed E-state index contributed by atoms with van der Waals surface area (Å²) in [5.41, 5.74) is -0.541. The van der Waals surface area contributed by atoms with Crippen LogP contribution in [0.15, 0.2) is 0 Å². The molecule has 0 aromatic heterocycles. The number of carbonyl (C=O) groups excluding carboxylic acids is 1. The summed E-state index contributed by atoms with van der Waals surface area (Å²) in [5, 5.41) is 18.2. The number of aromatic hydroxyl groups is 1. The van der Waals surface area contributed by atoms with Crippen LogP contribution in [-0.2, 0) is 0 Å². The molecule has 0 aliphatic heterocycles.